The molecule has 8 aliphatic rings. The van der Waals surface area contributed by atoms with Crippen LogP contribution in [0.4, 0.5) is 0 Å². The van der Waals surface area contributed by atoms with E-state index >= 15 is 0 Å². The molecule has 0 saturated heterocycles. The summed E-state index contributed by atoms with van der Waals surface area (Å²) in [7, 11) is 1.89. The summed E-state index contributed by atoms with van der Waals surface area (Å²) in [5.41, 5.74) is -5.74. The van der Waals surface area contributed by atoms with Crippen LogP contribution in [0.1, 0.15) is 134 Å². The lowest BCUT2D eigenvalue weighted by Gasteiger charge is -2.73. The summed E-state index contributed by atoms with van der Waals surface area (Å²) in [5.74, 6) is 4.10. The van der Waals surface area contributed by atoms with Gasteiger partial charge in [-0.2, -0.15) is 0 Å². The maximum Gasteiger partial charge on any atom is 0.331 e. The van der Waals surface area contributed by atoms with Crippen LogP contribution in [-0.2, 0) is 27.4 Å². The van der Waals surface area contributed by atoms with Crippen molar-refractivity contribution in [3.05, 3.63) is 46.5 Å². The topological polar surface area (TPSA) is 177 Å². The van der Waals surface area contributed by atoms with Gasteiger partial charge in [0.2, 0.25) is 0 Å². The van der Waals surface area contributed by atoms with E-state index in [9.17, 15) is 40.2 Å². The molecule has 7 N–H and O–H groups in total. The van der Waals surface area contributed by atoms with Crippen LogP contribution in [0.5, 0.6) is 0 Å². The molecule has 16 atom stereocenters. The predicted octanol–water partition coefficient (Wildman–Crippen LogP) is 5.15. The summed E-state index contributed by atoms with van der Waals surface area (Å²) in [6.45, 7) is 6.03. The van der Waals surface area contributed by atoms with Gasteiger partial charge in [0.1, 0.15) is 18.0 Å². The van der Waals surface area contributed by atoms with Gasteiger partial charge >= 0.3 is 5.97 Å². The molecule has 10 nitrogen and oxygen atoms in total. The molecule has 61 heavy (non-hydrogen) atoms. The molecule has 1 aromatic rings. The van der Waals surface area contributed by atoms with Crippen molar-refractivity contribution >= 4 is 12.3 Å². The van der Waals surface area contributed by atoms with Gasteiger partial charge in [-0.15, -0.1) is 0 Å². The van der Waals surface area contributed by atoms with Gasteiger partial charge in [-0.25, -0.2) is 4.79 Å². The Hall–Kier alpha value is -2.62. The Morgan fingerprint density at radius 1 is 1.02 bits per heavy atom. The zero-order valence-corrected chi connectivity index (χ0v) is 36.9. The summed E-state index contributed by atoms with van der Waals surface area (Å²) in [4.78, 5) is 28.1. The molecule has 0 radical (unpaired) electrons. The Balaban J connectivity index is 1.25. The highest BCUT2D eigenvalue weighted by Gasteiger charge is 2.86. The Morgan fingerprint density at radius 2 is 1.82 bits per heavy atom. The minimum atomic E-state index is -1.85. The zero-order valence-electron chi connectivity index (χ0n) is 36.9. The smallest absolute Gasteiger partial charge is 0.331 e. The summed E-state index contributed by atoms with van der Waals surface area (Å²) >= 11 is 0. The van der Waals surface area contributed by atoms with Gasteiger partial charge in [0.05, 0.1) is 35.9 Å². The SMILES string of the molecule is CCCCC[C@@H]1C[C@]2(C=O)[C@H]3CC[C@@]45CCC#Cc6cccc(CO)c6C[C@@H](NC)[C@H]6C[C@H](C[C@]4(O)[C@]3(O)C[C@@H]3C[C@@H](C(C)C)CC[C@H]([C@H]1O)[C@@]32O)[C@]5(CO)C1=CC(=O)O[C@@H]16. The van der Waals surface area contributed by atoms with Crippen molar-refractivity contribution < 1.29 is 45.0 Å². The monoisotopic (exact) mass is 842 g/mol. The van der Waals surface area contributed by atoms with E-state index in [4.69, 9.17) is 4.74 Å². The molecule has 1 heterocycles. The quantitative estimate of drug-likeness (QED) is 0.0762. The number of esters is 1. The summed E-state index contributed by atoms with van der Waals surface area (Å²) in [5, 5.41) is 80.8. The molecular formula is C51H71NO9. The molecule has 0 amide bonds. The molecule has 1 aliphatic heterocycles. The number of hydrogen-bond donors (Lipinski definition) is 7. The van der Waals surface area contributed by atoms with E-state index in [1.165, 1.54) is 0 Å². The number of aliphatic hydroxyl groups excluding tert-OH is 3. The average Bonchev–Trinajstić information content (AvgIpc) is 3.69. The molecule has 0 unspecified atom stereocenters. The molecule has 1 spiro atoms. The number of hydrogen-bond acceptors (Lipinski definition) is 10. The van der Waals surface area contributed by atoms with Crippen molar-refractivity contribution in [2.24, 2.45) is 63.6 Å². The van der Waals surface area contributed by atoms with Gasteiger partial charge in [0.25, 0.3) is 0 Å². The molecule has 0 aromatic heterocycles. The molecule has 334 valence electrons. The van der Waals surface area contributed by atoms with E-state index in [-0.39, 0.29) is 68.1 Å². The van der Waals surface area contributed by atoms with E-state index in [0.29, 0.717) is 56.9 Å². The standard InChI is InChI=1S/C51H71NO9/c1-5-6-7-12-33-24-46(28-54)42-17-19-47-18-9-8-11-31-13-10-14-34(27-53)37(31)22-41(52-4)38-21-35(48(47,29-55)40-23-43(56)61-45(38)40)26-50(47,59)49(42,58)25-36-20-32(30(2)3)15-16-39(44(33)57)51(36,46)60/h10,13-14,23,28,30,32-33,35-36,38-39,41-42,44-45,52-53,55,57-60H,5-7,9,12,15-22,24-27,29H2,1-4H3/t32-,33+,35+,36-,38+,39+,41+,42+,44-,45+,46-,47+,48+,49-,50+,51-/m0/s1. The van der Waals surface area contributed by atoms with Gasteiger partial charge in [-0.3, -0.25) is 0 Å². The van der Waals surface area contributed by atoms with Gasteiger partial charge in [-0.1, -0.05) is 64.0 Å². The second kappa shape index (κ2) is 15.5. The third-order valence-electron chi connectivity index (χ3n) is 19.6. The van der Waals surface area contributed by atoms with E-state index in [0.717, 1.165) is 55.1 Å². The van der Waals surface area contributed by atoms with Crippen LogP contribution in [0, 0.1) is 75.4 Å². The maximum atomic E-state index is 14.5. The van der Waals surface area contributed by atoms with Crippen molar-refractivity contribution in [1.82, 2.24) is 5.32 Å². The lowest BCUT2D eigenvalue weighted by Crippen LogP contribution is -2.82. The van der Waals surface area contributed by atoms with E-state index in [1.807, 2.05) is 25.2 Å². The fraction of sp³-hybridized carbons (Fsp3) is 0.765. The lowest BCUT2D eigenvalue weighted by molar-refractivity contribution is -0.352. The van der Waals surface area contributed by atoms with E-state index in [2.05, 4.69) is 37.9 Å². The Labute approximate surface area is 362 Å². The molecule has 1 aromatic carbocycles. The fourth-order valence-electron chi connectivity index (χ4n) is 16.9. The maximum absolute atomic E-state index is 14.5. The highest BCUT2D eigenvalue weighted by molar-refractivity contribution is 5.87. The van der Waals surface area contributed by atoms with E-state index in [1.54, 1.807) is 6.08 Å². The van der Waals surface area contributed by atoms with Crippen molar-refractivity contribution in [2.45, 2.75) is 165 Å². The molecule has 4 bridgehead atoms. The third-order valence-corrected chi connectivity index (χ3v) is 19.6. The molecule has 9 rings (SSSR count). The number of carbonyl (C=O) groups excluding carboxylic acids is 2. The lowest BCUT2D eigenvalue weighted by atomic mass is 9.34. The van der Waals surface area contributed by atoms with Gasteiger partial charge in [0, 0.05) is 52.7 Å². The second-order valence-electron chi connectivity index (χ2n) is 21.6. The largest absolute Gasteiger partial charge is 0.454 e. The van der Waals surface area contributed by atoms with Crippen molar-refractivity contribution in [3.63, 3.8) is 0 Å². The van der Waals surface area contributed by atoms with Crippen LogP contribution >= 0.6 is 0 Å². The Kier molecular flexibility index (Phi) is 11.1. The van der Waals surface area contributed by atoms with E-state index < -0.39 is 69.0 Å². The molecule has 10 heteroatoms. The number of aldehydes is 1. The first kappa shape index (κ1) is 43.6. The highest BCUT2D eigenvalue weighted by atomic mass is 16.5. The van der Waals surface area contributed by atoms with Crippen LogP contribution in [0.3, 0.4) is 0 Å². The molecule has 6 saturated carbocycles. The first-order valence-electron chi connectivity index (χ1n) is 23.9. The first-order valence-corrected chi connectivity index (χ1v) is 23.9. The highest BCUT2D eigenvalue weighted by Crippen LogP contribution is 2.81. The summed E-state index contributed by atoms with van der Waals surface area (Å²) in [6, 6.07) is 5.56. The normalized spacial score (nSPS) is 47.1. The number of ether oxygens (including phenoxy) is 1. The predicted molar refractivity (Wildman–Crippen MR) is 229 cm³/mol. The van der Waals surface area contributed by atoms with Crippen LogP contribution in [0.15, 0.2) is 29.8 Å². The number of unbranched alkanes of at least 4 members (excludes halogenated alkanes) is 2. The van der Waals surface area contributed by atoms with Gasteiger partial charge in [0.15, 0.2) is 0 Å². The fourth-order valence-corrected chi connectivity index (χ4v) is 16.9. The van der Waals surface area contributed by atoms with Crippen LogP contribution in [-0.4, -0.2) is 91.6 Å². The summed E-state index contributed by atoms with van der Waals surface area (Å²) in [6.07, 6.45) is 9.51. The second-order valence-corrected chi connectivity index (χ2v) is 21.6. The summed E-state index contributed by atoms with van der Waals surface area (Å²) < 4.78 is 6.27. The molecule has 6 fully saturated rings. The van der Waals surface area contributed by atoms with Crippen LogP contribution in [0.25, 0.3) is 0 Å². The molecule has 7 aliphatic carbocycles. The van der Waals surface area contributed by atoms with Gasteiger partial charge in [-0.05, 0) is 136 Å². The first-order chi connectivity index (χ1) is 29.2. The average molecular weight is 842 g/mol. The van der Waals surface area contributed by atoms with Crippen molar-refractivity contribution in [1.29, 1.82) is 0 Å². The number of likely N-dealkylation sites (N-methyl/N-ethyl adjacent to an activating group) is 1. The molecular weight excluding hydrogens is 771 g/mol. The number of rotatable bonds is 9. The van der Waals surface area contributed by atoms with Crippen molar-refractivity contribution in [3.8, 4) is 11.8 Å². The zero-order chi connectivity index (χ0) is 43.3. The minimum Gasteiger partial charge on any atom is -0.454 e. The van der Waals surface area contributed by atoms with Gasteiger partial charge < -0.3 is 45.5 Å². The third kappa shape index (κ3) is 5.66. The number of aliphatic hydroxyl groups is 6. The number of nitrogens with one attached hydrogen (secondary N) is 1. The number of carbonyl (C=O) groups is 2. The Bertz CT molecular complexity index is 1990. The Morgan fingerprint density at radius 3 is 2.52 bits per heavy atom. The van der Waals surface area contributed by atoms with Crippen LogP contribution in [0.2, 0.25) is 0 Å². The van der Waals surface area contributed by atoms with Crippen LogP contribution < -0.4 is 5.32 Å². The minimum absolute atomic E-state index is 0.0760. The van der Waals surface area contributed by atoms with Crippen molar-refractivity contribution in [2.75, 3.05) is 13.7 Å². The number of benzene rings is 1. The number of fused-ring (bicyclic) bond motifs is 7.